The van der Waals surface area contributed by atoms with Gasteiger partial charge in [0.15, 0.2) is 5.79 Å². The molecule has 0 aromatic carbocycles. The molecular formula is C8H11ClO2. The van der Waals surface area contributed by atoms with Gasteiger partial charge >= 0.3 is 0 Å². The lowest BCUT2D eigenvalue weighted by Crippen LogP contribution is -2.31. The lowest BCUT2D eigenvalue weighted by atomic mass is 10.1. The Morgan fingerprint density at radius 3 is 2.55 bits per heavy atom. The maximum absolute atomic E-state index is 6.06. The Morgan fingerprint density at radius 2 is 2.00 bits per heavy atom. The van der Waals surface area contributed by atoms with Crippen LogP contribution in [0, 0.1) is 11.8 Å². The first-order valence-corrected chi connectivity index (χ1v) is 4.69. The molecule has 0 aromatic heterocycles. The Kier molecular flexibility index (Phi) is 1.17. The molecule has 3 rings (SSSR count). The van der Waals surface area contributed by atoms with E-state index in [9.17, 15) is 0 Å². The number of halogens is 1. The molecule has 1 saturated heterocycles. The van der Waals surface area contributed by atoms with Gasteiger partial charge in [-0.05, 0) is 12.3 Å². The Balaban J connectivity index is 1.87. The van der Waals surface area contributed by atoms with E-state index < -0.39 is 0 Å². The molecule has 0 radical (unpaired) electrons. The molecule has 2 nitrogen and oxygen atoms in total. The van der Waals surface area contributed by atoms with Crippen LogP contribution in [0.3, 0.4) is 0 Å². The first-order chi connectivity index (χ1) is 5.33. The molecule has 0 amide bonds. The highest BCUT2D eigenvalue weighted by molar-refractivity contribution is 6.23. The lowest BCUT2D eigenvalue weighted by molar-refractivity contribution is -0.166. The third-order valence-electron chi connectivity index (χ3n) is 3.18. The van der Waals surface area contributed by atoms with Crippen molar-refractivity contribution in [3.63, 3.8) is 0 Å². The smallest absolute Gasteiger partial charge is 0.173 e. The molecule has 0 N–H and O–H groups in total. The van der Waals surface area contributed by atoms with Crippen LogP contribution in [0.2, 0.25) is 0 Å². The molecule has 0 aromatic rings. The minimum Gasteiger partial charge on any atom is -0.347 e. The van der Waals surface area contributed by atoms with Crippen LogP contribution in [-0.2, 0) is 9.47 Å². The summed E-state index contributed by atoms with van der Waals surface area (Å²) in [6, 6.07) is 0. The summed E-state index contributed by atoms with van der Waals surface area (Å²) < 4.78 is 11.2. The van der Waals surface area contributed by atoms with Crippen molar-refractivity contribution in [3.8, 4) is 0 Å². The molecule has 0 bridgehead atoms. The lowest BCUT2D eigenvalue weighted by Gasteiger charge is -2.23. The third-order valence-corrected chi connectivity index (χ3v) is 3.78. The molecule has 11 heavy (non-hydrogen) atoms. The summed E-state index contributed by atoms with van der Waals surface area (Å²) in [5, 5.41) is 0.335. The fraction of sp³-hybridized carbons (Fsp3) is 1.00. The zero-order chi connectivity index (χ0) is 7.47. The molecule has 2 aliphatic carbocycles. The maximum Gasteiger partial charge on any atom is 0.173 e. The Labute approximate surface area is 70.8 Å². The second-order valence-corrected chi connectivity index (χ2v) is 4.19. The average molecular weight is 175 g/mol. The van der Waals surface area contributed by atoms with Crippen molar-refractivity contribution >= 4 is 11.6 Å². The number of fused-ring (bicyclic) bond motifs is 2. The highest BCUT2D eigenvalue weighted by atomic mass is 35.5. The molecule has 3 fully saturated rings. The van der Waals surface area contributed by atoms with Crippen molar-refractivity contribution in [1.82, 2.24) is 0 Å². The molecule has 3 atom stereocenters. The van der Waals surface area contributed by atoms with Crippen molar-refractivity contribution < 1.29 is 9.47 Å². The third kappa shape index (κ3) is 0.707. The minimum atomic E-state index is -0.239. The van der Waals surface area contributed by atoms with E-state index in [1.54, 1.807) is 0 Å². The summed E-state index contributed by atoms with van der Waals surface area (Å²) in [5.41, 5.74) is 0. The second-order valence-electron chi connectivity index (χ2n) is 3.68. The van der Waals surface area contributed by atoms with Gasteiger partial charge in [-0.1, -0.05) is 0 Å². The quantitative estimate of drug-likeness (QED) is 0.517. The van der Waals surface area contributed by atoms with Gasteiger partial charge in [0.05, 0.1) is 13.2 Å². The summed E-state index contributed by atoms with van der Waals surface area (Å²) in [6.45, 7) is 1.51. The Hall–Kier alpha value is 0.210. The summed E-state index contributed by atoms with van der Waals surface area (Å²) in [5.74, 6) is 0.957. The van der Waals surface area contributed by atoms with E-state index in [-0.39, 0.29) is 5.79 Å². The van der Waals surface area contributed by atoms with Gasteiger partial charge in [0, 0.05) is 17.7 Å². The van der Waals surface area contributed by atoms with Gasteiger partial charge in [-0.15, -0.1) is 11.6 Å². The zero-order valence-corrected chi connectivity index (χ0v) is 7.01. The average Bonchev–Trinajstić information content (AvgIpc) is 2.52. The van der Waals surface area contributed by atoms with Crippen molar-refractivity contribution in [1.29, 1.82) is 0 Å². The van der Waals surface area contributed by atoms with E-state index in [0.29, 0.717) is 17.2 Å². The van der Waals surface area contributed by atoms with Crippen LogP contribution in [-0.4, -0.2) is 24.4 Å². The van der Waals surface area contributed by atoms with E-state index in [4.69, 9.17) is 21.1 Å². The van der Waals surface area contributed by atoms with E-state index >= 15 is 0 Å². The van der Waals surface area contributed by atoms with Crippen molar-refractivity contribution in [2.24, 2.45) is 11.8 Å². The first-order valence-electron chi connectivity index (χ1n) is 4.25. The van der Waals surface area contributed by atoms with E-state index in [1.807, 2.05) is 0 Å². The molecule has 1 aliphatic heterocycles. The summed E-state index contributed by atoms with van der Waals surface area (Å²) in [6.07, 6.45) is 2.25. The van der Waals surface area contributed by atoms with Crippen LogP contribution in [0.4, 0.5) is 0 Å². The van der Waals surface area contributed by atoms with Gasteiger partial charge in [-0.2, -0.15) is 0 Å². The largest absolute Gasteiger partial charge is 0.347 e. The minimum absolute atomic E-state index is 0.239. The Bertz CT molecular complexity index is 183. The van der Waals surface area contributed by atoms with Gasteiger partial charge in [-0.25, -0.2) is 0 Å². The molecule has 3 heteroatoms. The zero-order valence-electron chi connectivity index (χ0n) is 6.25. The maximum atomic E-state index is 6.06. The van der Waals surface area contributed by atoms with Gasteiger partial charge in [0.25, 0.3) is 0 Å². The highest BCUT2D eigenvalue weighted by Gasteiger charge is 2.67. The van der Waals surface area contributed by atoms with Crippen LogP contribution >= 0.6 is 11.6 Å². The van der Waals surface area contributed by atoms with Crippen molar-refractivity contribution in [3.05, 3.63) is 0 Å². The van der Waals surface area contributed by atoms with Gasteiger partial charge in [-0.3, -0.25) is 0 Å². The van der Waals surface area contributed by atoms with Crippen LogP contribution in [0.15, 0.2) is 0 Å². The normalized spacial score (nSPS) is 51.5. The first kappa shape index (κ1) is 6.70. The van der Waals surface area contributed by atoms with E-state index in [0.717, 1.165) is 19.6 Å². The van der Waals surface area contributed by atoms with Crippen molar-refractivity contribution in [2.75, 3.05) is 13.2 Å². The predicted octanol–water partition coefficient (Wildman–Crippen LogP) is 1.38. The molecular weight excluding hydrogens is 164 g/mol. The van der Waals surface area contributed by atoms with Gasteiger partial charge in [0.1, 0.15) is 0 Å². The summed E-state index contributed by atoms with van der Waals surface area (Å²) >= 11 is 6.06. The molecule has 1 heterocycles. The highest BCUT2D eigenvalue weighted by Crippen LogP contribution is 2.62. The SMILES string of the molecule is Cl[C@H]1[C@@H]2CCC3(OCCO3)[C@H]12. The van der Waals surface area contributed by atoms with Crippen molar-refractivity contribution in [2.45, 2.75) is 24.0 Å². The molecule has 3 aliphatic rings. The molecule has 0 unspecified atom stereocenters. The number of rotatable bonds is 0. The molecule has 1 spiro atoms. The van der Waals surface area contributed by atoms with Crippen LogP contribution in [0.1, 0.15) is 12.8 Å². The number of hydrogen-bond donors (Lipinski definition) is 0. The molecule has 2 saturated carbocycles. The van der Waals surface area contributed by atoms with E-state index in [1.165, 1.54) is 6.42 Å². The topological polar surface area (TPSA) is 18.5 Å². The number of hydrogen-bond acceptors (Lipinski definition) is 2. The number of ether oxygens (including phenoxy) is 2. The monoisotopic (exact) mass is 174 g/mol. The van der Waals surface area contributed by atoms with E-state index in [2.05, 4.69) is 0 Å². The number of alkyl halides is 1. The fourth-order valence-electron chi connectivity index (χ4n) is 2.58. The summed E-state index contributed by atoms with van der Waals surface area (Å²) in [7, 11) is 0. The van der Waals surface area contributed by atoms with Crippen LogP contribution in [0.25, 0.3) is 0 Å². The fourth-order valence-corrected chi connectivity index (χ4v) is 3.16. The summed E-state index contributed by atoms with van der Waals surface area (Å²) in [4.78, 5) is 0. The van der Waals surface area contributed by atoms with Crippen LogP contribution < -0.4 is 0 Å². The standard InChI is InChI=1S/C8H11ClO2/c9-7-5-1-2-8(6(5)7)10-3-4-11-8/h5-7H,1-4H2/t5-,6+,7+/m1/s1. The second kappa shape index (κ2) is 1.93. The molecule has 62 valence electrons. The van der Waals surface area contributed by atoms with Gasteiger partial charge in [0.2, 0.25) is 0 Å². The predicted molar refractivity (Wildman–Crippen MR) is 40.5 cm³/mol. The van der Waals surface area contributed by atoms with Crippen LogP contribution in [0.5, 0.6) is 0 Å². The Morgan fingerprint density at radius 1 is 1.27 bits per heavy atom. The van der Waals surface area contributed by atoms with Gasteiger partial charge < -0.3 is 9.47 Å².